The van der Waals surface area contributed by atoms with Crippen LogP contribution in [-0.4, -0.2) is 25.0 Å². The van der Waals surface area contributed by atoms with Gasteiger partial charge in [0.25, 0.3) is 5.91 Å². The second kappa shape index (κ2) is 6.65. The third kappa shape index (κ3) is 4.02. The molecule has 104 valence electrons. The topological polar surface area (TPSA) is 55.4 Å². The number of halogens is 2. The number of nitrogens with one attached hydrogen (secondary N) is 1. The minimum Gasteiger partial charge on any atom is -0.467 e. The van der Waals surface area contributed by atoms with Crippen LogP contribution in [0.4, 0.5) is 4.39 Å². The highest BCUT2D eigenvalue weighted by atomic mass is 79.9. The minimum absolute atomic E-state index is 0.121. The molecule has 1 unspecified atom stereocenters. The van der Waals surface area contributed by atoms with Crippen molar-refractivity contribution < 1.29 is 18.7 Å². The summed E-state index contributed by atoms with van der Waals surface area (Å²) in [6, 6.07) is 3.23. The first-order chi connectivity index (χ1) is 8.86. The number of ether oxygens (including phenoxy) is 1. The van der Waals surface area contributed by atoms with E-state index in [0.717, 1.165) is 0 Å². The van der Waals surface area contributed by atoms with E-state index >= 15 is 0 Å². The predicted octanol–water partition coefficient (Wildman–Crippen LogP) is 2.52. The lowest BCUT2D eigenvalue weighted by molar-refractivity contribution is -0.144. The van der Waals surface area contributed by atoms with Crippen LogP contribution >= 0.6 is 15.9 Å². The Kier molecular flexibility index (Phi) is 5.47. The van der Waals surface area contributed by atoms with Gasteiger partial charge in [-0.3, -0.25) is 4.79 Å². The molecule has 6 heteroatoms. The Hall–Kier alpha value is -1.43. The number of carbonyl (C=O) groups is 2. The number of hydrogen-bond donors (Lipinski definition) is 1. The van der Waals surface area contributed by atoms with Crippen LogP contribution in [0.25, 0.3) is 0 Å². The largest absolute Gasteiger partial charge is 0.467 e. The Morgan fingerprint density at radius 2 is 2.00 bits per heavy atom. The normalized spacial score (nSPS) is 12.1. The van der Waals surface area contributed by atoms with Crippen LogP contribution in [0, 0.1) is 11.7 Å². The van der Waals surface area contributed by atoms with Gasteiger partial charge in [0.2, 0.25) is 0 Å². The number of esters is 1. The molecule has 0 bridgehead atoms. The monoisotopic (exact) mass is 331 g/mol. The standard InChI is InChI=1S/C13H15BrFNO3/c1-7(2)11(13(18)19-3)16-12(17)9-6-8(14)4-5-10(9)15/h4-7,11H,1-3H3,(H,16,17). The summed E-state index contributed by atoms with van der Waals surface area (Å²) >= 11 is 3.16. The first-order valence-corrected chi connectivity index (χ1v) is 6.50. The molecular weight excluding hydrogens is 317 g/mol. The molecule has 0 heterocycles. The Morgan fingerprint density at radius 1 is 1.37 bits per heavy atom. The van der Waals surface area contributed by atoms with Crippen LogP contribution in [-0.2, 0) is 9.53 Å². The van der Waals surface area contributed by atoms with Gasteiger partial charge in [-0.15, -0.1) is 0 Å². The second-order valence-corrected chi connectivity index (χ2v) is 5.26. The molecule has 0 saturated carbocycles. The van der Waals surface area contributed by atoms with Crippen molar-refractivity contribution in [2.24, 2.45) is 5.92 Å². The maximum atomic E-state index is 13.6. The highest BCUT2D eigenvalue weighted by molar-refractivity contribution is 9.10. The molecule has 0 aliphatic heterocycles. The highest BCUT2D eigenvalue weighted by Crippen LogP contribution is 2.16. The van der Waals surface area contributed by atoms with E-state index < -0.39 is 23.7 Å². The van der Waals surface area contributed by atoms with Crippen molar-refractivity contribution in [3.63, 3.8) is 0 Å². The summed E-state index contributed by atoms with van der Waals surface area (Å²) < 4.78 is 18.7. The van der Waals surface area contributed by atoms with Gasteiger partial charge in [0, 0.05) is 4.47 Å². The lowest BCUT2D eigenvalue weighted by atomic mass is 10.0. The van der Waals surface area contributed by atoms with Crippen molar-refractivity contribution in [2.75, 3.05) is 7.11 Å². The molecule has 1 aromatic carbocycles. The van der Waals surface area contributed by atoms with Crippen LogP contribution < -0.4 is 5.32 Å². The van der Waals surface area contributed by atoms with E-state index in [4.69, 9.17) is 0 Å². The van der Waals surface area contributed by atoms with Crippen LogP contribution in [0.2, 0.25) is 0 Å². The maximum absolute atomic E-state index is 13.6. The molecule has 1 N–H and O–H groups in total. The Balaban J connectivity index is 2.94. The summed E-state index contributed by atoms with van der Waals surface area (Å²) in [5.74, 6) is -2.01. The van der Waals surface area contributed by atoms with Gasteiger partial charge in [-0.1, -0.05) is 29.8 Å². The smallest absolute Gasteiger partial charge is 0.328 e. The van der Waals surface area contributed by atoms with Gasteiger partial charge >= 0.3 is 5.97 Å². The second-order valence-electron chi connectivity index (χ2n) is 4.34. The van der Waals surface area contributed by atoms with Crippen LogP contribution in [0.3, 0.4) is 0 Å². The number of hydrogen-bond acceptors (Lipinski definition) is 3. The molecule has 1 atom stereocenters. The van der Waals surface area contributed by atoms with E-state index in [9.17, 15) is 14.0 Å². The van der Waals surface area contributed by atoms with Gasteiger partial charge in [0.15, 0.2) is 0 Å². The summed E-state index contributed by atoms with van der Waals surface area (Å²) in [6.07, 6.45) is 0. The average molecular weight is 332 g/mol. The average Bonchev–Trinajstić information content (AvgIpc) is 2.37. The number of benzene rings is 1. The molecule has 0 aliphatic rings. The van der Waals surface area contributed by atoms with Gasteiger partial charge in [-0.2, -0.15) is 0 Å². The lowest BCUT2D eigenvalue weighted by Crippen LogP contribution is -2.45. The molecule has 19 heavy (non-hydrogen) atoms. The molecule has 0 fully saturated rings. The summed E-state index contributed by atoms with van der Waals surface area (Å²) in [5.41, 5.74) is -0.121. The van der Waals surface area contributed by atoms with E-state index in [2.05, 4.69) is 26.0 Å². The minimum atomic E-state index is -0.809. The van der Waals surface area contributed by atoms with Crippen LogP contribution in [0.15, 0.2) is 22.7 Å². The fourth-order valence-electron chi connectivity index (χ4n) is 1.52. The van der Waals surface area contributed by atoms with Gasteiger partial charge in [-0.05, 0) is 24.1 Å². The fraction of sp³-hybridized carbons (Fsp3) is 0.385. The van der Waals surface area contributed by atoms with Crippen molar-refractivity contribution in [1.29, 1.82) is 0 Å². The van der Waals surface area contributed by atoms with Gasteiger partial charge in [0.1, 0.15) is 11.9 Å². The number of methoxy groups -OCH3 is 1. The van der Waals surface area contributed by atoms with Crippen molar-refractivity contribution in [3.05, 3.63) is 34.1 Å². The third-order valence-electron chi connectivity index (χ3n) is 2.58. The van der Waals surface area contributed by atoms with Gasteiger partial charge < -0.3 is 10.1 Å². The Bertz CT molecular complexity index is 491. The molecule has 1 aromatic rings. The zero-order chi connectivity index (χ0) is 14.6. The Morgan fingerprint density at radius 3 is 2.53 bits per heavy atom. The van der Waals surface area contributed by atoms with Crippen molar-refractivity contribution in [2.45, 2.75) is 19.9 Å². The van der Waals surface area contributed by atoms with Crippen molar-refractivity contribution in [3.8, 4) is 0 Å². The van der Waals surface area contributed by atoms with E-state index in [-0.39, 0.29) is 11.5 Å². The molecule has 0 radical (unpaired) electrons. The van der Waals surface area contributed by atoms with E-state index in [1.54, 1.807) is 13.8 Å². The molecule has 0 aromatic heterocycles. The van der Waals surface area contributed by atoms with Gasteiger partial charge in [-0.25, -0.2) is 9.18 Å². The number of rotatable bonds is 4. The number of amides is 1. The predicted molar refractivity (Wildman–Crippen MR) is 72.2 cm³/mol. The highest BCUT2D eigenvalue weighted by Gasteiger charge is 2.26. The molecule has 0 saturated heterocycles. The SMILES string of the molecule is COC(=O)C(NC(=O)c1cc(Br)ccc1F)C(C)C. The first kappa shape index (κ1) is 15.6. The zero-order valence-corrected chi connectivity index (χ0v) is 12.5. The molecule has 4 nitrogen and oxygen atoms in total. The first-order valence-electron chi connectivity index (χ1n) is 5.70. The van der Waals surface area contributed by atoms with Crippen LogP contribution in [0.1, 0.15) is 24.2 Å². The molecule has 1 amide bonds. The summed E-state index contributed by atoms with van der Waals surface area (Å²) in [4.78, 5) is 23.5. The maximum Gasteiger partial charge on any atom is 0.328 e. The lowest BCUT2D eigenvalue weighted by Gasteiger charge is -2.19. The van der Waals surface area contributed by atoms with Crippen molar-refractivity contribution in [1.82, 2.24) is 5.32 Å². The van der Waals surface area contributed by atoms with E-state index in [1.807, 2.05) is 0 Å². The number of carbonyl (C=O) groups excluding carboxylic acids is 2. The summed E-state index contributed by atoms with van der Waals surface area (Å²) in [6.45, 7) is 3.53. The fourth-order valence-corrected chi connectivity index (χ4v) is 1.88. The molecule has 1 rings (SSSR count). The molecule has 0 aliphatic carbocycles. The van der Waals surface area contributed by atoms with Crippen molar-refractivity contribution >= 4 is 27.8 Å². The summed E-state index contributed by atoms with van der Waals surface area (Å²) in [5, 5.41) is 2.48. The summed E-state index contributed by atoms with van der Waals surface area (Å²) in [7, 11) is 1.24. The molecule has 0 spiro atoms. The Labute approximate surface area is 119 Å². The quantitative estimate of drug-likeness (QED) is 0.862. The molecular formula is C13H15BrFNO3. The third-order valence-corrected chi connectivity index (χ3v) is 3.07. The van der Waals surface area contributed by atoms with E-state index in [0.29, 0.717) is 4.47 Å². The zero-order valence-electron chi connectivity index (χ0n) is 10.9. The van der Waals surface area contributed by atoms with E-state index in [1.165, 1.54) is 25.3 Å². The van der Waals surface area contributed by atoms with Gasteiger partial charge in [0.05, 0.1) is 12.7 Å². The van der Waals surface area contributed by atoms with Crippen LogP contribution in [0.5, 0.6) is 0 Å².